The number of nitrogens with one attached hydrogen (secondary N) is 1. The van der Waals surface area contributed by atoms with E-state index in [0.29, 0.717) is 9.79 Å². The van der Waals surface area contributed by atoms with Crippen LogP contribution in [0.15, 0.2) is 11.2 Å². The molecular formula is C5H5ClN2S2. The number of rotatable bonds is 1. The maximum absolute atomic E-state index is 5.65. The van der Waals surface area contributed by atoms with Crippen molar-refractivity contribution in [3.8, 4) is 0 Å². The number of hydrogen-bond acceptors (Lipinski definition) is 3. The van der Waals surface area contributed by atoms with Crippen molar-refractivity contribution < 1.29 is 0 Å². The van der Waals surface area contributed by atoms with Gasteiger partial charge in [0.05, 0.1) is 0 Å². The van der Waals surface area contributed by atoms with Gasteiger partial charge < -0.3 is 4.98 Å². The molecule has 0 aromatic carbocycles. The van der Waals surface area contributed by atoms with Gasteiger partial charge in [-0.2, -0.15) is 0 Å². The Bertz CT molecular complexity index is 283. The predicted octanol–water partition coefficient (Wildman–Crippen LogP) is 2.51. The lowest BCUT2D eigenvalue weighted by Crippen LogP contribution is -1.85. The van der Waals surface area contributed by atoms with Crippen LogP contribution in [0, 0.1) is 4.64 Å². The first-order chi connectivity index (χ1) is 4.72. The molecule has 0 aliphatic heterocycles. The third-order valence-corrected chi connectivity index (χ3v) is 1.87. The molecule has 0 radical (unpaired) electrons. The molecule has 0 saturated carbocycles. The zero-order valence-corrected chi connectivity index (χ0v) is 7.61. The third-order valence-electron chi connectivity index (χ3n) is 0.882. The molecule has 0 bridgehead atoms. The van der Waals surface area contributed by atoms with Crippen LogP contribution < -0.4 is 0 Å². The number of H-pyrrole nitrogens is 1. The van der Waals surface area contributed by atoms with Gasteiger partial charge in [0.1, 0.15) is 9.79 Å². The van der Waals surface area contributed by atoms with Crippen LogP contribution in [0.3, 0.4) is 0 Å². The number of aromatic nitrogens is 2. The summed E-state index contributed by atoms with van der Waals surface area (Å²) in [5.41, 5.74) is 0. The van der Waals surface area contributed by atoms with E-state index in [4.69, 9.17) is 23.8 Å². The van der Waals surface area contributed by atoms with Crippen molar-refractivity contribution in [1.29, 1.82) is 0 Å². The summed E-state index contributed by atoms with van der Waals surface area (Å²) in [5.74, 6) is 0. The summed E-state index contributed by atoms with van der Waals surface area (Å²) in [5, 5.41) is 1.28. The van der Waals surface area contributed by atoms with E-state index < -0.39 is 0 Å². The largest absolute Gasteiger partial charge is 0.325 e. The van der Waals surface area contributed by atoms with Crippen LogP contribution in [0.25, 0.3) is 0 Å². The Kier molecular flexibility index (Phi) is 2.71. The van der Waals surface area contributed by atoms with Crippen molar-refractivity contribution in [2.45, 2.75) is 5.16 Å². The highest BCUT2D eigenvalue weighted by molar-refractivity contribution is 7.98. The van der Waals surface area contributed by atoms with E-state index in [9.17, 15) is 0 Å². The zero-order chi connectivity index (χ0) is 7.56. The van der Waals surface area contributed by atoms with E-state index in [0.717, 1.165) is 5.16 Å². The fourth-order valence-electron chi connectivity index (χ4n) is 0.504. The fourth-order valence-corrected chi connectivity index (χ4v) is 1.49. The molecule has 0 spiro atoms. The lowest BCUT2D eigenvalue weighted by Gasteiger charge is -1.94. The van der Waals surface area contributed by atoms with Gasteiger partial charge in [-0.1, -0.05) is 35.6 Å². The molecule has 10 heavy (non-hydrogen) atoms. The van der Waals surface area contributed by atoms with Crippen molar-refractivity contribution in [2.75, 3.05) is 6.26 Å². The first-order valence-corrected chi connectivity index (χ1v) is 4.54. The lowest BCUT2D eigenvalue weighted by atomic mass is 10.7. The lowest BCUT2D eigenvalue weighted by molar-refractivity contribution is 0.960. The van der Waals surface area contributed by atoms with Crippen LogP contribution in [0.4, 0.5) is 0 Å². The first-order valence-electron chi connectivity index (χ1n) is 2.53. The Balaban J connectivity index is 3.19. The summed E-state index contributed by atoms with van der Waals surface area (Å²) in [6.45, 7) is 0. The molecule has 1 heterocycles. The number of thioether (sulfide) groups is 1. The van der Waals surface area contributed by atoms with Gasteiger partial charge in [-0.25, -0.2) is 4.98 Å². The molecular weight excluding hydrogens is 188 g/mol. The molecule has 1 aromatic rings. The van der Waals surface area contributed by atoms with Crippen LogP contribution in [-0.2, 0) is 0 Å². The monoisotopic (exact) mass is 192 g/mol. The SMILES string of the molecule is CSc1nc(=S)cc(Cl)[nH]1. The first kappa shape index (κ1) is 8.04. The molecule has 2 nitrogen and oxygen atoms in total. The van der Waals surface area contributed by atoms with Crippen LogP contribution >= 0.6 is 35.6 Å². The predicted molar refractivity (Wildman–Crippen MR) is 46.2 cm³/mol. The second-order valence-corrected chi connectivity index (χ2v) is 3.20. The summed E-state index contributed by atoms with van der Waals surface area (Å²) < 4.78 is 0.521. The maximum Gasteiger partial charge on any atom is 0.167 e. The molecule has 0 atom stereocenters. The van der Waals surface area contributed by atoms with Crippen molar-refractivity contribution in [3.63, 3.8) is 0 Å². The van der Waals surface area contributed by atoms with Crippen molar-refractivity contribution in [1.82, 2.24) is 9.97 Å². The van der Waals surface area contributed by atoms with Crippen LogP contribution in [0.1, 0.15) is 0 Å². The molecule has 54 valence electrons. The molecule has 0 aliphatic rings. The molecule has 0 aliphatic carbocycles. The van der Waals surface area contributed by atoms with Gasteiger partial charge >= 0.3 is 0 Å². The molecule has 1 rings (SSSR count). The normalized spacial score (nSPS) is 9.80. The van der Waals surface area contributed by atoms with Crippen molar-refractivity contribution in [3.05, 3.63) is 15.9 Å². The van der Waals surface area contributed by atoms with Gasteiger partial charge in [0.25, 0.3) is 0 Å². The molecule has 0 amide bonds. The Hall–Kier alpha value is -0.0600. The minimum Gasteiger partial charge on any atom is -0.325 e. The van der Waals surface area contributed by atoms with Crippen LogP contribution in [0.2, 0.25) is 5.15 Å². The Morgan fingerprint density at radius 3 is 3.00 bits per heavy atom. The van der Waals surface area contributed by atoms with Gasteiger partial charge in [0, 0.05) is 6.07 Å². The highest BCUT2D eigenvalue weighted by Crippen LogP contribution is 2.11. The van der Waals surface area contributed by atoms with E-state index in [2.05, 4.69) is 9.97 Å². The fraction of sp³-hybridized carbons (Fsp3) is 0.200. The third kappa shape index (κ3) is 1.97. The van der Waals surface area contributed by atoms with E-state index in [-0.39, 0.29) is 0 Å². The number of nitrogens with zero attached hydrogens (tertiary/aromatic N) is 1. The van der Waals surface area contributed by atoms with E-state index in [1.807, 2.05) is 6.26 Å². The van der Waals surface area contributed by atoms with Gasteiger partial charge in [-0.05, 0) is 6.26 Å². The molecule has 0 saturated heterocycles. The summed E-state index contributed by atoms with van der Waals surface area (Å²) in [7, 11) is 0. The Morgan fingerprint density at radius 1 is 1.80 bits per heavy atom. The number of hydrogen-bond donors (Lipinski definition) is 1. The van der Waals surface area contributed by atoms with E-state index >= 15 is 0 Å². The van der Waals surface area contributed by atoms with Gasteiger partial charge in [0.15, 0.2) is 5.16 Å². The summed E-state index contributed by atoms with van der Waals surface area (Å²) >= 11 is 12.0. The highest BCUT2D eigenvalue weighted by atomic mass is 35.5. The second-order valence-electron chi connectivity index (χ2n) is 1.58. The van der Waals surface area contributed by atoms with Gasteiger partial charge in [-0.15, -0.1) is 0 Å². The Labute approximate surface area is 73.0 Å². The van der Waals surface area contributed by atoms with Crippen LogP contribution in [0.5, 0.6) is 0 Å². The number of aromatic amines is 1. The second kappa shape index (κ2) is 3.37. The van der Waals surface area contributed by atoms with Gasteiger partial charge in [0.2, 0.25) is 0 Å². The minimum atomic E-state index is 0.521. The highest BCUT2D eigenvalue weighted by Gasteiger charge is 1.92. The molecule has 1 aromatic heterocycles. The average molecular weight is 193 g/mol. The molecule has 0 unspecified atom stereocenters. The molecule has 1 N–H and O–H groups in total. The van der Waals surface area contributed by atoms with Gasteiger partial charge in [-0.3, -0.25) is 0 Å². The van der Waals surface area contributed by atoms with E-state index in [1.165, 1.54) is 11.8 Å². The molecule has 0 fully saturated rings. The van der Waals surface area contributed by atoms with Crippen LogP contribution in [-0.4, -0.2) is 16.2 Å². The maximum atomic E-state index is 5.65. The van der Waals surface area contributed by atoms with Crippen molar-refractivity contribution >= 4 is 35.6 Å². The summed E-state index contributed by atoms with van der Waals surface area (Å²) in [4.78, 5) is 6.84. The van der Waals surface area contributed by atoms with E-state index in [1.54, 1.807) is 6.07 Å². The summed E-state index contributed by atoms with van der Waals surface area (Å²) in [6.07, 6.45) is 1.91. The number of halogens is 1. The Morgan fingerprint density at radius 2 is 2.50 bits per heavy atom. The smallest absolute Gasteiger partial charge is 0.167 e. The van der Waals surface area contributed by atoms with Crippen molar-refractivity contribution in [2.24, 2.45) is 0 Å². The minimum absolute atomic E-state index is 0.521. The molecule has 5 heteroatoms. The summed E-state index contributed by atoms with van der Waals surface area (Å²) in [6, 6.07) is 1.61. The topological polar surface area (TPSA) is 28.7 Å². The standard InChI is InChI=1S/C5H5ClN2S2/c1-10-5-7-3(6)2-4(9)8-5/h2H,1H3,(H,7,8,9). The zero-order valence-electron chi connectivity index (χ0n) is 5.22. The average Bonchev–Trinajstić information content (AvgIpc) is 1.85. The quantitative estimate of drug-likeness (QED) is 0.321.